The highest BCUT2D eigenvalue weighted by Crippen LogP contribution is 2.37. The first-order chi connectivity index (χ1) is 13.1. The molecule has 0 unspecified atom stereocenters. The number of benzene rings is 1. The van der Waals surface area contributed by atoms with Gasteiger partial charge < -0.3 is 10.1 Å². The van der Waals surface area contributed by atoms with Crippen LogP contribution in [-0.2, 0) is 25.7 Å². The maximum atomic E-state index is 5.77. The fourth-order valence-electron chi connectivity index (χ4n) is 3.78. The first kappa shape index (κ1) is 19.7. The minimum atomic E-state index is 0.387. The van der Waals surface area contributed by atoms with E-state index >= 15 is 0 Å². The zero-order chi connectivity index (χ0) is 19.4. The first-order valence-electron chi connectivity index (χ1n) is 10.5. The molecular formula is C23H33N3O. The average Bonchev–Trinajstić information content (AvgIpc) is 2.72. The predicted molar refractivity (Wildman–Crippen MR) is 113 cm³/mol. The highest BCUT2D eigenvalue weighted by molar-refractivity contribution is 5.72. The number of aromatic nitrogens is 2. The van der Waals surface area contributed by atoms with Crippen LogP contribution in [0.3, 0.4) is 0 Å². The van der Waals surface area contributed by atoms with Crippen LogP contribution in [0.2, 0.25) is 0 Å². The number of anilines is 1. The van der Waals surface area contributed by atoms with Crippen molar-refractivity contribution >= 4 is 5.82 Å². The molecule has 0 fully saturated rings. The number of fused-ring (bicyclic) bond motifs is 1. The Bertz CT molecular complexity index is 801. The quantitative estimate of drug-likeness (QED) is 0.715. The molecule has 1 heterocycles. The van der Waals surface area contributed by atoms with E-state index in [-0.39, 0.29) is 0 Å². The standard InChI is InChI=1S/C23H33N3O/c1-6-15(4)24-23-20(8-3)25-22(19(7-2)26-23)18-13-16-11-9-10-12-17(16)14-21(18)27-5/h13-15H,6-12H2,1-5H3,(H,24,26)/t15-/m1/s1. The maximum absolute atomic E-state index is 5.77. The van der Waals surface area contributed by atoms with E-state index in [1.165, 1.54) is 24.0 Å². The van der Waals surface area contributed by atoms with Crippen molar-refractivity contribution in [2.45, 2.75) is 78.7 Å². The second-order valence-electron chi connectivity index (χ2n) is 7.50. The van der Waals surface area contributed by atoms with Crippen LogP contribution in [0.1, 0.15) is 69.5 Å². The second kappa shape index (κ2) is 8.73. The molecule has 0 radical (unpaired) electrons. The van der Waals surface area contributed by atoms with Crippen LogP contribution in [-0.4, -0.2) is 23.1 Å². The van der Waals surface area contributed by atoms with Crippen molar-refractivity contribution in [2.24, 2.45) is 0 Å². The number of hydrogen-bond acceptors (Lipinski definition) is 4. The van der Waals surface area contributed by atoms with E-state index in [0.29, 0.717) is 6.04 Å². The lowest BCUT2D eigenvalue weighted by Gasteiger charge is -2.21. The van der Waals surface area contributed by atoms with Crippen LogP contribution in [0.4, 0.5) is 5.82 Å². The second-order valence-corrected chi connectivity index (χ2v) is 7.50. The molecule has 1 atom stereocenters. The summed E-state index contributed by atoms with van der Waals surface area (Å²) in [5.41, 5.74) is 7.01. The smallest absolute Gasteiger partial charge is 0.148 e. The summed E-state index contributed by atoms with van der Waals surface area (Å²) in [5, 5.41) is 3.54. The van der Waals surface area contributed by atoms with Gasteiger partial charge in [-0.25, -0.2) is 9.97 Å². The molecular weight excluding hydrogens is 334 g/mol. The molecule has 0 bridgehead atoms. The number of rotatable bonds is 7. The third-order valence-corrected chi connectivity index (χ3v) is 5.62. The molecule has 1 aromatic heterocycles. The predicted octanol–water partition coefficient (Wildman–Crippen LogP) is 5.37. The fraction of sp³-hybridized carbons (Fsp3) is 0.565. The van der Waals surface area contributed by atoms with Gasteiger partial charge in [0, 0.05) is 11.6 Å². The van der Waals surface area contributed by atoms with Gasteiger partial charge in [-0.1, -0.05) is 20.8 Å². The normalized spacial score (nSPS) is 14.6. The highest BCUT2D eigenvalue weighted by atomic mass is 16.5. The molecule has 3 rings (SSSR count). The van der Waals surface area contributed by atoms with Crippen LogP contribution in [0.5, 0.6) is 5.75 Å². The van der Waals surface area contributed by atoms with Crippen molar-refractivity contribution in [1.82, 2.24) is 9.97 Å². The summed E-state index contributed by atoms with van der Waals surface area (Å²) in [6.07, 6.45) is 7.60. The Morgan fingerprint density at radius 2 is 1.67 bits per heavy atom. The van der Waals surface area contributed by atoms with Gasteiger partial charge in [0.25, 0.3) is 0 Å². The van der Waals surface area contributed by atoms with Gasteiger partial charge in [0.1, 0.15) is 11.6 Å². The molecule has 0 aliphatic heterocycles. The van der Waals surface area contributed by atoms with Gasteiger partial charge in [0.15, 0.2) is 0 Å². The summed E-state index contributed by atoms with van der Waals surface area (Å²) in [7, 11) is 1.76. The van der Waals surface area contributed by atoms with Crippen molar-refractivity contribution < 1.29 is 4.74 Å². The summed E-state index contributed by atoms with van der Waals surface area (Å²) in [6, 6.07) is 4.91. The maximum Gasteiger partial charge on any atom is 0.148 e. The lowest BCUT2D eigenvalue weighted by Crippen LogP contribution is -2.18. The van der Waals surface area contributed by atoms with E-state index in [1.54, 1.807) is 7.11 Å². The summed E-state index contributed by atoms with van der Waals surface area (Å²) >= 11 is 0. The molecule has 1 N–H and O–H groups in total. The van der Waals surface area contributed by atoms with Crippen molar-refractivity contribution in [3.05, 3.63) is 34.6 Å². The molecule has 1 aliphatic carbocycles. The lowest BCUT2D eigenvalue weighted by atomic mass is 9.89. The molecule has 0 spiro atoms. The summed E-state index contributed by atoms with van der Waals surface area (Å²) in [4.78, 5) is 10.1. The fourth-order valence-corrected chi connectivity index (χ4v) is 3.78. The van der Waals surface area contributed by atoms with E-state index in [2.05, 4.69) is 45.1 Å². The van der Waals surface area contributed by atoms with Crippen LogP contribution >= 0.6 is 0 Å². The Morgan fingerprint density at radius 1 is 1.00 bits per heavy atom. The van der Waals surface area contributed by atoms with Crippen LogP contribution in [0.25, 0.3) is 11.3 Å². The molecule has 1 aromatic carbocycles. The third-order valence-electron chi connectivity index (χ3n) is 5.62. The van der Waals surface area contributed by atoms with E-state index in [4.69, 9.17) is 14.7 Å². The van der Waals surface area contributed by atoms with Crippen molar-refractivity contribution in [2.75, 3.05) is 12.4 Å². The Labute approximate surface area is 163 Å². The topological polar surface area (TPSA) is 47.0 Å². The van der Waals surface area contributed by atoms with Gasteiger partial charge in [-0.05, 0) is 75.1 Å². The number of aryl methyl sites for hydroxylation is 4. The molecule has 1 aliphatic rings. The number of ether oxygens (including phenoxy) is 1. The van der Waals surface area contributed by atoms with Crippen LogP contribution in [0.15, 0.2) is 12.1 Å². The lowest BCUT2D eigenvalue weighted by molar-refractivity contribution is 0.415. The van der Waals surface area contributed by atoms with Crippen molar-refractivity contribution in [3.63, 3.8) is 0 Å². The van der Waals surface area contributed by atoms with E-state index in [0.717, 1.165) is 66.3 Å². The van der Waals surface area contributed by atoms with E-state index < -0.39 is 0 Å². The molecule has 146 valence electrons. The average molecular weight is 368 g/mol. The largest absolute Gasteiger partial charge is 0.496 e. The Kier molecular flexibility index (Phi) is 6.35. The summed E-state index contributed by atoms with van der Waals surface area (Å²) in [6.45, 7) is 8.67. The van der Waals surface area contributed by atoms with Crippen LogP contribution in [0, 0.1) is 0 Å². The SMILES string of the molecule is CCc1nc(-c2cc3c(cc2OC)CCCC3)c(CC)nc1N[C@H](C)CC. The molecule has 4 nitrogen and oxygen atoms in total. The zero-order valence-electron chi connectivity index (χ0n) is 17.5. The molecule has 27 heavy (non-hydrogen) atoms. The van der Waals surface area contributed by atoms with Gasteiger partial charge in [0.05, 0.1) is 24.2 Å². The molecule has 0 amide bonds. The van der Waals surface area contributed by atoms with Gasteiger partial charge in [0.2, 0.25) is 0 Å². The van der Waals surface area contributed by atoms with E-state index in [1.807, 2.05) is 0 Å². The van der Waals surface area contributed by atoms with Crippen LogP contribution < -0.4 is 10.1 Å². The van der Waals surface area contributed by atoms with Crippen molar-refractivity contribution in [1.29, 1.82) is 0 Å². The summed E-state index contributed by atoms with van der Waals surface area (Å²) in [5.74, 6) is 1.86. The highest BCUT2D eigenvalue weighted by Gasteiger charge is 2.20. The molecule has 0 saturated carbocycles. The number of methoxy groups -OCH3 is 1. The minimum absolute atomic E-state index is 0.387. The Hall–Kier alpha value is -2.10. The van der Waals surface area contributed by atoms with Crippen molar-refractivity contribution in [3.8, 4) is 17.0 Å². The molecule has 2 aromatic rings. The number of nitrogens with one attached hydrogen (secondary N) is 1. The van der Waals surface area contributed by atoms with Gasteiger partial charge in [-0.2, -0.15) is 0 Å². The zero-order valence-corrected chi connectivity index (χ0v) is 17.5. The monoisotopic (exact) mass is 367 g/mol. The third kappa shape index (κ3) is 4.10. The first-order valence-corrected chi connectivity index (χ1v) is 10.5. The van der Waals surface area contributed by atoms with Gasteiger partial charge >= 0.3 is 0 Å². The molecule has 0 saturated heterocycles. The molecule has 4 heteroatoms. The van der Waals surface area contributed by atoms with Gasteiger partial charge in [-0.15, -0.1) is 0 Å². The van der Waals surface area contributed by atoms with Gasteiger partial charge in [-0.3, -0.25) is 0 Å². The summed E-state index contributed by atoms with van der Waals surface area (Å²) < 4.78 is 5.77. The Balaban J connectivity index is 2.13. The van der Waals surface area contributed by atoms with E-state index in [9.17, 15) is 0 Å². The number of hydrogen-bond donors (Lipinski definition) is 1. The number of nitrogens with zero attached hydrogens (tertiary/aromatic N) is 2. The Morgan fingerprint density at radius 3 is 2.26 bits per heavy atom. The minimum Gasteiger partial charge on any atom is -0.496 e.